The van der Waals surface area contributed by atoms with Gasteiger partial charge in [0.2, 0.25) is 0 Å². The van der Waals surface area contributed by atoms with Crippen LogP contribution in [0.3, 0.4) is 0 Å². The molecule has 0 unspecified atom stereocenters. The Kier molecular flexibility index (Phi) is 4.70. The molecule has 2 aromatic heterocycles. The summed E-state index contributed by atoms with van der Waals surface area (Å²) in [5.74, 6) is 0. The average molecular weight is 404 g/mol. The van der Waals surface area contributed by atoms with Gasteiger partial charge in [-0.1, -0.05) is 6.92 Å². The van der Waals surface area contributed by atoms with E-state index in [0.717, 1.165) is 28.8 Å². The Bertz CT molecular complexity index is 690. The molecular weight excluding hydrogens is 388 g/mol. The Morgan fingerprint density at radius 1 is 1.35 bits per heavy atom. The van der Waals surface area contributed by atoms with Crippen LogP contribution in [0.25, 0.3) is 0 Å². The van der Waals surface area contributed by atoms with Crippen LogP contribution in [0.1, 0.15) is 25.2 Å². The van der Waals surface area contributed by atoms with E-state index in [-0.39, 0.29) is 5.56 Å². The third-order valence-electron chi connectivity index (χ3n) is 3.08. The maximum atomic E-state index is 12.1. The molecule has 0 aliphatic heterocycles. The Balaban J connectivity index is 2.50. The first kappa shape index (κ1) is 15.3. The smallest absolute Gasteiger partial charge is 0.265 e. The van der Waals surface area contributed by atoms with Gasteiger partial charge in [-0.2, -0.15) is 5.10 Å². The van der Waals surface area contributed by atoms with Gasteiger partial charge in [-0.3, -0.25) is 9.48 Å². The van der Waals surface area contributed by atoms with Crippen LogP contribution in [0.15, 0.2) is 26.0 Å². The number of nitrogen functional groups attached to an aromatic ring is 1. The Hall–Kier alpha value is -1.08. The maximum absolute atomic E-state index is 12.1. The van der Waals surface area contributed by atoms with Crippen molar-refractivity contribution in [3.8, 4) is 0 Å². The standard InChI is InChI=1S/C13H16Br2N4O/c1-3-10-12(15)11(19(4-2)17-10)7-18-6-8(16)5-9(14)13(18)20/h5-6H,3-4,7,16H2,1-2H3. The lowest BCUT2D eigenvalue weighted by Crippen LogP contribution is -2.23. The fourth-order valence-corrected chi connectivity index (χ4v) is 3.25. The van der Waals surface area contributed by atoms with E-state index in [4.69, 9.17) is 5.73 Å². The molecule has 0 amide bonds. The molecule has 0 fully saturated rings. The molecule has 0 saturated heterocycles. The first-order valence-corrected chi connectivity index (χ1v) is 7.96. The van der Waals surface area contributed by atoms with E-state index < -0.39 is 0 Å². The number of hydrogen-bond acceptors (Lipinski definition) is 3. The van der Waals surface area contributed by atoms with Crippen molar-refractivity contribution in [1.29, 1.82) is 0 Å². The molecule has 0 saturated carbocycles. The van der Waals surface area contributed by atoms with Crippen LogP contribution in [0.2, 0.25) is 0 Å². The topological polar surface area (TPSA) is 65.8 Å². The molecule has 7 heteroatoms. The van der Waals surface area contributed by atoms with Gasteiger partial charge in [-0.05, 0) is 51.3 Å². The molecule has 20 heavy (non-hydrogen) atoms. The van der Waals surface area contributed by atoms with Crippen LogP contribution >= 0.6 is 31.9 Å². The van der Waals surface area contributed by atoms with Gasteiger partial charge in [0, 0.05) is 18.4 Å². The summed E-state index contributed by atoms with van der Waals surface area (Å²) in [6.07, 6.45) is 2.49. The van der Waals surface area contributed by atoms with Crippen molar-refractivity contribution in [2.24, 2.45) is 0 Å². The second-order valence-corrected chi connectivity index (χ2v) is 6.08. The fourth-order valence-electron chi connectivity index (χ4n) is 2.07. The summed E-state index contributed by atoms with van der Waals surface area (Å²) in [7, 11) is 0. The number of rotatable bonds is 4. The number of halogens is 2. The summed E-state index contributed by atoms with van der Waals surface area (Å²) in [5.41, 5.74) is 8.22. The first-order chi connectivity index (χ1) is 9.47. The highest BCUT2D eigenvalue weighted by atomic mass is 79.9. The molecule has 2 N–H and O–H groups in total. The van der Waals surface area contributed by atoms with E-state index in [1.54, 1.807) is 16.8 Å². The van der Waals surface area contributed by atoms with E-state index in [9.17, 15) is 4.79 Å². The quantitative estimate of drug-likeness (QED) is 0.853. The summed E-state index contributed by atoms with van der Waals surface area (Å²) in [6, 6.07) is 1.61. The highest BCUT2D eigenvalue weighted by molar-refractivity contribution is 9.10. The maximum Gasteiger partial charge on any atom is 0.265 e. The van der Waals surface area contributed by atoms with Crippen molar-refractivity contribution in [2.75, 3.05) is 5.73 Å². The third-order valence-corrected chi connectivity index (χ3v) is 4.56. The van der Waals surface area contributed by atoms with Crippen LogP contribution in [-0.2, 0) is 19.5 Å². The van der Waals surface area contributed by atoms with E-state index in [1.807, 2.05) is 11.6 Å². The molecule has 0 bridgehead atoms. The van der Waals surface area contributed by atoms with Gasteiger partial charge in [0.1, 0.15) is 0 Å². The number of aryl methyl sites for hydroxylation is 2. The summed E-state index contributed by atoms with van der Waals surface area (Å²) >= 11 is 6.82. The largest absolute Gasteiger partial charge is 0.398 e. The number of nitrogens with zero attached hydrogens (tertiary/aromatic N) is 3. The Morgan fingerprint density at radius 2 is 2.05 bits per heavy atom. The lowest BCUT2D eigenvalue weighted by atomic mass is 10.3. The average Bonchev–Trinajstić information content (AvgIpc) is 2.72. The molecule has 0 radical (unpaired) electrons. The zero-order valence-electron chi connectivity index (χ0n) is 11.4. The van der Waals surface area contributed by atoms with Crippen LogP contribution in [0.4, 0.5) is 5.69 Å². The van der Waals surface area contributed by atoms with E-state index >= 15 is 0 Å². The van der Waals surface area contributed by atoms with Gasteiger partial charge < -0.3 is 10.3 Å². The molecule has 0 aliphatic rings. The number of aromatic nitrogens is 3. The number of pyridine rings is 1. The first-order valence-electron chi connectivity index (χ1n) is 6.37. The predicted octanol–water partition coefficient (Wildman–Crippen LogP) is 2.78. The zero-order valence-corrected chi connectivity index (χ0v) is 14.5. The molecule has 0 atom stereocenters. The summed E-state index contributed by atoms with van der Waals surface area (Å²) in [6.45, 7) is 5.27. The van der Waals surface area contributed by atoms with Gasteiger partial charge in [-0.15, -0.1) is 0 Å². The molecular formula is C13H16Br2N4O. The van der Waals surface area contributed by atoms with Crippen molar-refractivity contribution in [3.63, 3.8) is 0 Å². The van der Waals surface area contributed by atoms with Crippen LogP contribution in [0.5, 0.6) is 0 Å². The monoisotopic (exact) mass is 402 g/mol. The minimum Gasteiger partial charge on any atom is -0.398 e. The fraction of sp³-hybridized carbons (Fsp3) is 0.385. The predicted molar refractivity (Wildman–Crippen MR) is 86.9 cm³/mol. The molecule has 2 heterocycles. The van der Waals surface area contributed by atoms with Crippen LogP contribution in [-0.4, -0.2) is 14.3 Å². The molecule has 2 rings (SSSR count). The summed E-state index contributed by atoms with van der Waals surface area (Å²) < 4.78 is 4.93. The highest BCUT2D eigenvalue weighted by Crippen LogP contribution is 2.23. The Labute approximate surface area is 134 Å². The van der Waals surface area contributed by atoms with Gasteiger partial charge in [0.15, 0.2) is 0 Å². The molecule has 2 aromatic rings. The molecule has 0 aromatic carbocycles. The zero-order chi connectivity index (χ0) is 14.9. The minimum atomic E-state index is -0.104. The number of anilines is 1. The van der Waals surface area contributed by atoms with E-state index in [0.29, 0.717) is 16.7 Å². The molecule has 108 valence electrons. The van der Waals surface area contributed by atoms with E-state index in [2.05, 4.69) is 43.9 Å². The SMILES string of the molecule is CCc1nn(CC)c(Cn2cc(N)cc(Br)c2=O)c1Br. The van der Waals surface area contributed by atoms with Gasteiger partial charge in [0.05, 0.1) is 26.9 Å². The summed E-state index contributed by atoms with van der Waals surface area (Å²) in [4.78, 5) is 12.1. The van der Waals surface area contributed by atoms with Crippen LogP contribution < -0.4 is 11.3 Å². The minimum absolute atomic E-state index is 0.104. The number of hydrogen-bond donors (Lipinski definition) is 1. The second-order valence-electron chi connectivity index (χ2n) is 4.43. The highest BCUT2D eigenvalue weighted by Gasteiger charge is 2.15. The third kappa shape index (κ3) is 2.83. The lowest BCUT2D eigenvalue weighted by molar-refractivity contribution is 0.588. The van der Waals surface area contributed by atoms with Crippen molar-refractivity contribution >= 4 is 37.5 Å². The normalized spacial score (nSPS) is 11.0. The second kappa shape index (κ2) is 6.13. The summed E-state index contributed by atoms with van der Waals surface area (Å²) in [5, 5.41) is 4.53. The molecule has 5 nitrogen and oxygen atoms in total. The van der Waals surface area contributed by atoms with Crippen molar-refractivity contribution in [1.82, 2.24) is 14.3 Å². The molecule has 0 aliphatic carbocycles. The number of nitrogens with two attached hydrogens (primary N) is 1. The van der Waals surface area contributed by atoms with Crippen LogP contribution in [0, 0.1) is 0 Å². The van der Waals surface area contributed by atoms with E-state index in [1.165, 1.54) is 0 Å². The lowest BCUT2D eigenvalue weighted by Gasteiger charge is -2.10. The van der Waals surface area contributed by atoms with Crippen molar-refractivity contribution in [2.45, 2.75) is 33.4 Å². The van der Waals surface area contributed by atoms with Crippen molar-refractivity contribution < 1.29 is 0 Å². The molecule has 0 spiro atoms. The van der Waals surface area contributed by atoms with Gasteiger partial charge >= 0.3 is 0 Å². The van der Waals surface area contributed by atoms with Gasteiger partial charge in [0.25, 0.3) is 5.56 Å². The van der Waals surface area contributed by atoms with Gasteiger partial charge in [-0.25, -0.2) is 0 Å². The van der Waals surface area contributed by atoms with Crippen molar-refractivity contribution in [3.05, 3.63) is 43.0 Å². The Morgan fingerprint density at radius 3 is 2.65 bits per heavy atom.